The fourth-order valence-corrected chi connectivity index (χ4v) is 2.49. The van der Waals surface area contributed by atoms with Crippen LogP contribution in [0.2, 0.25) is 0 Å². The number of nitrogens with two attached hydrogens (primary N) is 1. The van der Waals surface area contributed by atoms with E-state index in [4.69, 9.17) is 5.73 Å². The predicted octanol–water partition coefficient (Wildman–Crippen LogP) is 1.78. The molecule has 2 rings (SSSR count). The van der Waals surface area contributed by atoms with Gasteiger partial charge in [0.05, 0.1) is 10.6 Å². The lowest BCUT2D eigenvalue weighted by atomic mass is 9.86. The summed E-state index contributed by atoms with van der Waals surface area (Å²) in [6.45, 7) is 0.718. The Morgan fingerprint density at radius 2 is 2.24 bits per heavy atom. The zero-order valence-corrected chi connectivity index (χ0v) is 11.2. The van der Waals surface area contributed by atoms with Crippen molar-refractivity contribution in [2.45, 2.75) is 31.8 Å². The quantitative estimate of drug-likeness (QED) is 0.792. The standard InChI is InChI=1S/C11H17BrN4O/c12-8-6-15-11(13)16-10(8)14-5-7-3-1-2-4-9(7)17/h6-7,9,17H,1-5H2,(H3,13,14,15,16). The van der Waals surface area contributed by atoms with Gasteiger partial charge in [0.15, 0.2) is 0 Å². The number of halogens is 1. The molecule has 0 aliphatic heterocycles. The average molecular weight is 301 g/mol. The molecule has 1 heterocycles. The first-order valence-electron chi connectivity index (χ1n) is 5.87. The van der Waals surface area contributed by atoms with Gasteiger partial charge in [-0.15, -0.1) is 0 Å². The number of aliphatic hydroxyl groups excluding tert-OH is 1. The molecule has 1 saturated carbocycles. The minimum Gasteiger partial charge on any atom is -0.393 e. The van der Waals surface area contributed by atoms with Gasteiger partial charge in [0, 0.05) is 18.7 Å². The van der Waals surface area contributed by atoms with E-state index in [1.54, 1.807) is 6.20 Å². The third kappa shape index (κ3) is 3.29. The Kier molecular flexibility index (Phi) is 4.17. The van der Waals surface area contributed by atoms with Crippen LogP contribution in [-0.4, -0.2) is 27.7 Å². The van der Waals surface area contributed by atoms with Crippen molar-refractivity contribution in [2.75, 3.05) is 17.6 Å². The highest BCUT2D eigenvalue weighted by atomic mass is 79.9. The van der Waals surface area contributed by atoms with Crippen molar-refractivity contribution in [3.63, 3.8) is 0 Å². The lowest BCUT2D eigenvalue weighted by Gasteiger charge is -2.27. The maximum Gasteiger partial charge on any atom is 0.221 e. The number of aliphatic hydroxyl groups is 1. The highest BCUT2D eigenvalue weighted by Gasteiger charge is 2.22. The molecule has 1 aromatic rings. The van der Waals surface area contributed by atoms with Gasteiger partial charge < -0.3 is 16.2 Å². The highest BCUT2D eigenvalue weighted by molar-refractivity contribution is 9.10. The lowest BCUT2D eigenvalue weighted by molar-refractivity contribution is 0.0763. The largest absolute Gasteiger partial charge is 0.393 e. The van der Waals surface area contributed by atoms with E-state index in [1.807, 2.05) is 0 Å². The molecule has 2 unspecified atom stereocenters. The van der Waals surface area contributed by atoms with Crippen molar-refractivity contribution < 1.29 is 5.11 Å². The number of nitrogen functional groups attached to an aromatic ring is 1. The first-order chi connectivity index (χ1) is 8.16. The first kappa shape index (κ1) is 12.6. The van der Waals surface area contributed by atoms with Crippen LogP contribution in [0.15, 0.2) is 10.7 Å². The van der Waals surface area contributed by atoms with E-state index in [0.29, 0.717) is 11.7 Å². The second kappa shape index (κ2) is 5.64. The summed E-state index contributed by atoms with van der Waals surface area (Å²) in [4.78, 5) is 7.99. The van der Waals surface area contributed by atoms with Gasteiger partial charge >= 0.3 is 0 Å². The molecule has 1 aliphatic carbocycles. The van der Waals surface area contributed by atoms with Gasteiger partial charge in [-0.2, -0.15) is 4.98 Å². The van der Waals surface area contributed by atoms with Crippen LogP contribution in [0, 0.1) is 5.92 Å². The minimum atomic E-state index is -0.200. The minimum absolute atomic E-state index is 0.200. The van der Waals surface area contributed by atoms with Crippen LogP contribution in [0.25, 0.3) is 0 Å². The van der Waals surface area contributed by atoms with E-state index in [-0.39, 0.29) is 12.1 Å². The zero-order chi connectivity index (χ0) is 12.3. The van der Waals surface area contributed by atoms with Crippen LogP contribution in [0.5, 0.6) is 0 Å². The number of rotatable bonds is 3. The van der Waals surface area contributed by atoms with Crippen molar-refractivity contribution in [3.05, 3.63) is 10.7 Å². The maximum absolute atomic E-state index is 9.86. The second-order valence-electron chi connectivity index (χ2n) is 4.42. The molecule has 0 spiro atoms. The molecule has 0 aromatic carbocycles. The van der Waals surface area contributed by atoms with Crippen LogP contribution in [0.1, 0.15) is 25.7 Å². The van der Waals surface area contributed by atoms with Gasteiger partial charge in [-0.3, -0.25) is 0 Å². The Bertz CT molecular complexity index is 388. The number of nitrogens with one attached hydrogen (secondary N) is 1. The monoisotopic (exact) mass is 300 g/mol. The molecule has 0 bridgehead atoms. The summed E-state index contributed by atoms with van der Waals surface area (Å²) in [5, 5.41) is 13.1. The third-order valence-electron chi connectivity index (χ3n) is 3.16. The van der Waals surface area contributed by atoms with E-state index >= 15 is 0 Å². The highest BCUT2D eigenvalue weighted by Crippen LogP contribution is 2.26. The van der Waals surface area contributed by atoms with Gasteiger partial charge in [0.1, 0.15) is 5.82 Å². The van der Waals surface area contributed by atoms with Crippen LogP contribution in [-0.2, 0) is 0 Å². The zero-order valence-electron chi connectivity index (χ0n) is 9.56. The summed E-state index contributed by atoms with van der Waals surface area (Å²) < 4.78 is 0.789. The van der Waals surface area contributed by atoms with Crippen LogP contribution >= 0.6 is 15.9 Å². The molecule has 0 radical (unpaired) electrons. The van der Waals surface area contributed by atoms with E-state index in [2.05, 4.69) is 31.2 Å². The molecule has 6 heteroatoms. The summed E-state index contributed by atoms with van der Waals surface area (Å²) >= 11 is 3.37. The summed E-state index contributed by atoms with van der Waals surface area (Å²) in [7, 11) is 0. The Labute approximate surface area is 109 Å². The fourth-order valence-electron chi connectivity index (χ4n) is 2.16. The average Bonchev–Trinajstić information content (AvgIpc) is 2.32. The Hall–Kier alpha value is -0.880. The van der Waals surface area contributed by atoms with Crippen molar-refractivity contribution in [3.8, 4) is 0 Å². The van der Waals surface area contributed by atoms with Gasteiger partial charge in [-0.1, -0.05) is 12.8 Å². The summed E-state index contributed by atoms with van der Waals surface area (Å²) in [6.07, 6.45) is 5.71. The Morgan fingerprint density at radius 1 is 1.47 bits per heavy atom. The number of hydrogen-bond acceptors (Lipinski definition) is 5. The summed E-state index contributed by atoms with van der Waals surface area (Å²) in [6, 6.07) is 0. The molecular weight excluding hydrogens is 284 g/mol. The molecule has 1 aliphatic rings. The van der Waals surface area contributed by atoms with Crippen LogP contribution in [0.3, 0.4) is 0 Å². The molecule has 0 amide bonds. The van der Waals surface area contributed by atoms with Gasteiger partial charge in [0.25, 0.3) is 0 Å². The van der Waals surface area contributed by atoms with Crippen molar-refractivity contribution in [2.24, 2.45) is 5.92 Å². The van der Waals surface area contributed by atoms with E-state index in [0.717, 1.165) is 30.3 Å². The molecular formula is C11H17BrN4O. The van der Waals surface area contributed by atoms with E-state index in [1.165, 1.54) is 6.42 Å². The number of hydrogen-bond donors (Lipinski definition) is 3. The molecule has 5 nitrogen and oxygen atoms in total. The molecule has 94 valence electrons. The van der Waals surface area contributed by atoms with Crippen LogP contribution in [0.4, 0.5) is 11.8 Å². The molecule has 1 aromatic heterocycles. The topological polar surface area (TPSA) is 84.1 Å². The lowest BCUT2D eigenvalue weighted by Crippen LogP contribution is -2.30. The van der Waals surface area contributed by atoms with Gasteiger partial charge in [-0.25, -0.2) is 4.98 Å². The SMILES string of the molecule is Nc1ncc(Br)c(NCC2CCCCC2O)n1. The maximum atomic E-state index is 9.86. The Balaban J connectivity index is 1.94. The second-order valence-corrected chi connectivity index (χ2v) is 5.27. The number of anilines is 2. The molecule has 2 atom stereocenters. The van der Waals surface area contributed by atoms with Gasteiger partial charge in [0.2, 0.25) is 5.95 Å². The molecule has 1 fully saturated rings. The summed E-state index contributed by atoms with van der Waals surface area (Å²) in [5.41, 5.74) is 5.53. The molecule has 17 heavy (non-hydrogen) atoms. The Morgan fingerprint density at radius 3 is 3.00 bits per heavy atom. The molecule has 4 N–H and O–H groups in total. The first-order valence-corrected chi connectivity index (χ1v) is 6.66. The fraction of sp³-hybridized carbons (Fsp3) is 0.636. The predicted molar refractivity (Wildman–Crippen MR) is 70.6 cm³/mol. The van der Waals surface area contributed by atoms with Crippen molar-refractivity contribution in [1.29, 1.82) is 0 Å². The number of aromatic nitrogens is 2. The number of nitrogens with zero attached hydrogens (tertiary/aromatic N) is 2. The smallest absolute Gasteiger partial charge is 0.221 e. The summed E-state index contributed by atoms with van der Waals surface area (Å²) in [5.74, 6) is 1.24. The van der Waals surface area contributed by atoms with Crippen molar-refractivity contribution >= 4 is 27.7 Å². The van der Waals surface area contributed by atoms with Gasteiger partial charge in [-0.05, 0) is 28.8 Å². The van der Waals surface area contributed by atoms with Crippen molar-refractivity contribution in [1.82, 2.24) is 9.97 Å². The van der Waals surface area contributed by atoms with E-state index < -0.39 is 0 Å². The normalized spacial score (nSPS) is 24.6. The van der Waals surface area contributed by atoms with E-state index in [9.17, 15) is 5.11 Å². The third-order valence-corrected chi connectivity index (χ3v) is 3.74. The molecule has 0 saturated heterocycles. The van der Waals surface area contributed by atoms with Crippen LogP contribution < -0.4 is 11.1 Å².